The maximum absolute atomic E-state index is 12.3. The van der Waals surface area contributed by atoms with Gasteiger partial charge in [0.1, 0.15) is 5.75 Å². The van der Waals surface area contributed by atoms with Crippen LogP contribution in [0.5, 0.6) is 5.75 Å². The van der Waals surface area contributed by atoms with E-state index >= 15 is 0 Å². The molecule has 9 heteroatoms. The summed E-state index contributed by atoms with van der Waals surface area (Å²) in [6.07, 6.45) is 0. The summed E-state index contributed by atoms with van der Waals surface area (Å²) in [5.41, 5.74) is 8.37. The second kappa shape index (κ2) is 11.6. The van der Waals surface area contributed by atoms with E-state index in [2.05, 4.69) is 21.5 Å². The van der Waals surface area contributed by atoms with Gasteiger partial charge in [-0.05, 0) is 74.6 Å². The van der Waals surface area contributed by atoms with Crippen LogP contribution in [0.3, 0.4) is 0 Å². The Hall–Kier alpha value is -4.24. The Kier molecular flexibility index (Phi) is 8.31. The van der Waals surface area contributed by atoms with E-state index in [0.29, 0.717) is 22.6 Å². The third-order valence-corrected chi connectivity index (χ3v) is 4.82. The quantitative estimate of drug-likeness (QED) is 0.321. The van der Waals surface area contributed by atoms with E-state index in [0.717, 1.165) is 11.1 Å². The fraction of sp³-hybridized carbons (Fsp3) is 0.120. The van der Waals surface area contributed by atoms with Gasteiger partial charge in [-0.3, -0.25) is 30.6 Å². The molecule has 0 heterocycles. The molecule has 0 bridgehead atoms. The first-order chi connectivity index (χ1) is 16.3. The van der Waals surface area contributed by atoms with E-state index < -0.39 is 11.8 Å². The van der Waals surface area contributed by atoms with E-state index in [9.17, 15) is 14.4 Å². The van der Waals surface area contributed by atoms with E-state index in [-0.39, 0.29) is 17.6 Å². The summed E-state index contributed by atoms with van der Waals surface area (Å²) >= 11 is 5.01. The van der Waals surface area contributed by atoms with Gasteiger partial charge in [0.2, 0.25) is 0 Å². The van der Waals surface area contributed by atoms with Crippen molar-refractivity contribution in [3.05, 3.63) is 95.1 Å². The summed E-state index contributed by atoms with van der Waals surface area (Å²) in [7, 11) is 0. The van der Waals surface area contributed by atoms with Crippen molar-refractivity contribution >= 4 is 40.7 Å². The topological polar surface area (TPSA) is 109 Å². The van der Waals surface area contributed by atoms with Gasteiger partial charge in [-0.15, -0.1) is 0 Å². The zero-order valence-electron chi connectivity index (χ0n) is 18.7. The van der Waals surface area contributed by atoms with Crippen molar-refractivity contribution < 1.29 is 19.1 Å². The second-order valence-corrected chi connectivity index (χ2v) is 7.87. The maximum atomic E-state index is 12.3. The number of carbonyl (C=O) groups excluding carboxylic acids is 3. The average Bonchev–Trinajstić information content (AvgIpc) is 2.82. The number of nitrogens with one attached hydrogen (secondary N) is 4. The van der Waals surface area contributed by atoms with Crippen LogP contribution in [0.1, 0.15) is 31.8 Å². The van der Waals surface area contributed by atoms with Crippen molar-refractivity contribution in [3.63, 3.8) is 0 Å². The maximum Gasteiger partial charge on any atom is 0.269 e. The normalized spacial score (nSPS) is 10.1. The third kappa shape index (κ3) is 7.42. The lowest BCUT2D eigenvalue weighted by molar-refractivity contribution is -0.121. The summed E-state index contributed by atoms with van der Waals surface area (Å²) < 4.78 is 5.37. The number of amides is 3. The Balaban J connectivity index is 1.42. The van der Waals surface area contributed by atoms with Crippen LogP contribution in [0, 0.1) is 13.8 Å². The number of thiocarbonyl (C=S) groups is 1. The molecule has 34 heavy (non-hydrogen) atoms. The molecule has 0 aromatic heterocycles. The van der Waals surface area contributed by atoms with Gasteiger partial charge in [0.25, 0.3) is 17.7 Å². The lowest BCUT2D eigenvalue weighted by atomic mass is 10.1. The largest absolute Gasteiger partial charge is 0.484 e. The molecule has 0 fully saturated rings. The molecule has 3 aromatic rings. The summed E-state index contributed by atoms with van der Waals surface area (Å²) in [5.74, 6) is -0.619. The minimum Gasteiger partial charge on any atom is -0.484 e. The molecule has 0 aliphatic carbocycles. The zero-order valence-corrected chi connectivity index (χ0v) is 19.5. The van der Waals surface area contributed by atoms with E-state index in [1.165, 1.54) is 0 Å². The SMILES string of the molecule is Cc1ccc(OCC(=O)NC(=S)NNC(=O)c2ccc(NC(=O)c3cccc(C)c3)cc2)cc1. The highest BCUT2D eigenvalue weighted by Gasteiger charge is 2.10. The summed E-state index contributed by atoms with van der Waals surface area (Å²) in [6, 6.07) is 20.9. The minimum atomic E-state index is -0.471. The van der Waals surface area contributed by atoms with Gasteiger partial charge in [-0.2, -0.15) is 0 Å². The van der Waals surface area contributed by atoms with Crippen LogP contribution in [0.25, 0.3) is 0 Å². The van der Waals surface area contributed by atoms with E-state index in [1.54, 1.807) is 48.5 Å². The molecule has 0 unspecified atom stereocenters. The van der Waals surface area contributed by atoms with Crippen LogP contribution >= 0.6 is 12.2 Å². The van der Waals surface area contributed by atoms with Crippen LogP contribution in [-0.2, 0) is 4.79 Å². The monoisotopic (exact) mass is 476 g/mol. The average molecular weight is 477 g/mol. The molecular weight excluding hydrogens is 452 g/mol. The lowest BCUT2D eigenvalue weighted by Gasteiger charge is -2.12. The summed E-state index contributed by atoms with van der Waals surface area (Å²) in [6.45, 7) is 3.64. The standard InChI is InChI=1S/C25H24N4O4S/c1-16-6-12-21(13-7-16)33-15-22(30)27-25(34)29-28-24(32)18-8-10-20(11-9-18)26-23(31)19-5-3-4-17(2)14-19/h3-14H,15H2,1-2H3,(H,26,31)(H,28,32)(H2,27,29,30,34). The van der Waals surface area contributed by atoms with Crippen molar-refractivity contribution in [1.82, 2.24) is 16.2 Å². The van der Waals surface area contributed by atoms with Crippen molar-refractivity contribution in [1.29, 1.82) is 0 Å². The van der Waals surface area contributed by atoms with Crippen molar-refractivity contribution in [2.75, 3.05) is 11.9 Å². The summed E-state index contributed by atoms with van der Waals surface area (Å²) in [5, 5.41) is 5.12. The Labute approximate surface area is 202 Å². The summed E-state index contributed by atoms with van der Waals surface area (Å²) in [4.78, 5) is 36.6. The molecule has 3 amide bonds. The first-order valence-corrected chi connectivity index (χ1v) is 10.8. The Bertz CT molecular complexity index is 1190. The molecule has 0 spiro atoms. The number of hydrogen-bond acceptors (Lipinski definition) is 5. The Morgan fingerprint density at radius 2 is 1.50 bits per heavy atom. The van der Waals surface area contributed by atoms with Gasteiger partial charge in [0.15, 0.2) is 11.7 Å². The van der Waals surface area contributed by atoms with Crippen LogP contribution in [0.2, 0.25) is 0 Å². The van der Waals surface area contributed by atoms with Crippen LogP contribution in [-0.4, -0.2) is 29.4 Å². The number of aryl methyl sites for hydroxylation is 2. The number of benzene rings is 3. The molecule has 0 aliphatic heterocycles. The molecule has 3 rings (SSSR count). The number of hydrogen-bond donors (Lipinski definition) is 4. The first-order valence-electron chi connectivity index (χ1n) is 10.4. The molecule has 0 saturated carbocycles. The molecule has 8 nitrogen and oxygen atoms in total. The first kappa shape index (κ1) is 24.4. The van der Waals surface area contributed by atoms with Crippen LogP contribution < -0.4 is 26.2 Å². The molecule has 0 atom stereocenters. The lowest BCUT2D eigenvalue weighted by Crippen LogP contribution is -2.49. The van der Waals surface area contributed by atoms with Gasteiger partial charge in [-0.25, -0.2) is 0 Å². The van der Waals surface area contributed by atoms with Gasteiger partial charge in [0, 0.05) is 16.8 Å². The molecule has 0 aliphatic rings. The highest BCUT2D eigenvalue weighted by Crippen LogP contribution is 2.13. The number of hydrazine groups is 1. The Morgan fingerprint density at radius 1 is 0.794 bits per heavy atom. The van der Waals surface area contributed by atoms with Crippen molar-refractivity contribution in [2.45, 2.75) is 13.8 Å². The molecule has 3 aromatic carbocycles. The molecule has 0 radical (unpaired) electrons. The number of rotatable bonds is 6. The minimum absolute atomic E-state index is 0.0760. The van der Waals surface area contributed by atoms with Crippen molar-refractivity contribution in [3.8, 4) is 5.75 Å². The highest BCUT2D eigenvalue weighted by atomic mass is 32.1. The van der Waals surface area contributed by atoms with Crippen LogP contribution in [0.15, 0.2) is 72.8 Å². The molecular formula is C25H24N4O4S. The van der Waals surface area contributed by atoms with E-state index in [1.807, 2.05) is 38.1 Å². The predicted octanol–water partition coefficient (Wildman–Crippen LogP) is 3.27. The third-order valence-electron chi connectivity index (χ3n) is 4.62. The number of ether oxygens (including phenoxy) is 1. The molecule has 0 saturated heterocycles. The fourth-order valence-electron chi connectivity index (χ4n) is 2.86. The fourth-order valence-corrected chi connectivity index (χ4v) is 3.02. The van der Waals surface area contributed by atoms with Gasteiger partial charge in [-0.1, -0.05) is 35.4 Å². The van der Waals surface area contributed by atoms with Crippen LogP contribution in [0.4, 0.5) is 5.69 Å². The smallest absolute Gasteiger partial charge is 0.269 e. The van der Waals surface area contributed by atoms with Gasteiger partial charge in [0.05, 0.1) is 0 Å². The van der Waals surface area contributed by atoms with Gasteiger partial charge < -0.3 is 10.1 Å². The molecule has 174 valence electrons. The number of carbonyl (C=O) groups is 3. The van der Waals surface area contributed by atoms with Gasteiger partial charge >= 0.3 is 0 Å². The Morgan fingerprint density at radius 3 is 2.18 bits per heavy atom. The van der Waals surface area contributed by atoms with Crippen molar-refractivity contribution in [2.24, 2.45) is 0 Å². The van der Waals surface area contributed by atoms with E-state index in [4.69, 9.17) is 17.0 Å². The zero-order chi connectivity index (χ0) is 24.5. The molecule has 4 N–H and O–H groups in total. The second-order valence-electron chi connectivity index (χ2n) is 7.46. The highest BCUT2D eigenvalue weighted by molar-refractivity contribution is 7.80. The predicted molar refractivity (Wildman–Crippen MR) is 134 cm³/mol. The number of anilines is 1.